The van der Waals surface area contributed by atoms with Gasteiger partial charge in [-0.25, -0.2) is 4.79 Å². The van der Waals surface area contributed by atoms with Crippen LogP contribution in [0.25, 0.3) is 10.9 Å². The molecule has 0 radical (unpaired) electrons. The molecule has 0 spiro atoms. The van der Waals surface area contributed by atoms with Gasteiger partial charge in [-0.3, -0.25) is 9.59 Å². The average molecular weight is 478 g/mol. The van der Waals surface area contributed by atoms with Crippen molar-refractivity contribution >= 4 is 22.8 Å². The summed E-state index contributed by atoms with van der Waals surface area (Å²) in [5, 5.41) is 11.4. The number of pyridine rings is 1. The zero-order valence-electron chi connectivity index (χ0n) is 18.2. The number of aryl methyl sites for hydroxylation is 1. The van der Waals surface area contributed by atoms with Gasteiger partial charge in [-0.05, 0) is 11.6 Å². The number of rotatable bonds is 8. The molecule has 2 N–H and O–H groups in total. The Balaban J connectivity index is 1.85. The molecule has 8 nitrogen and oxygen atoms in total. The van der Waals surface area contributed by atoms with Crippen LogP contribution in [0.15, 0.2) is 53.3 Å². The molecule has 3 aromatic rings. The van der Waals surface area contributed by atoms with Crippen LogP contribution in [0.2, 0.25) is 0 Å². The van der Waals surface area contributed by atoms with Gasteiger partial charge in [0.05, 0.1) is 18.2 Å². The highest BCUT2D eigenvalue weighted by atomic mass is 19.4. The average Bonchev–Trinajstić information content (AvgIpc) is 2.79. The number of hydrogen-bond acceptors (Lipinski definition) is 5. The first kappa shape index (κ1) is 24.6. The third-order valence-corrected chi connectivity index (χ3v) is 5.11. The second-order valence-corrected chi connectivity index (χ2v) is 7.41. The first-order valence-corrected chi connectivity index (χ1v) is 9.99. The predicted octanol–water partition coefficient (Wildman–Crippen LogP) is 2.76. The number of amides is 1. The number of methoxy groups -OCH3 is 1. The summed E-state index contributed by atoms with van der Waals surface area (Å²) in [7, 11) is 2.57. The van der Waals surface area contributed by atoms with Gasteiger partial charge in [-0.2, -0.15) is 13.2 Å². The summed E-state index contributed by atoms with van der Waals surface area (Å²) in [6.45, 7) is -0.673. The molecule has 0 bridgehead atoms. The quantitative estimate of drug-likeness (QED) is 0.516. The number of carboxylic acids is 1. The van der Waals surface area contributed by atoms with Crippen LogP contribution in [0.3, 0.4) is 0 Å². The first-order chi connectivity index (χ1) is 16.0. The molecule has 1 amide bonds. The first-order valence-electron chi connectivity index (χ1n) is 9.99. The van der Waals surface area contributed by atoms with Crippen LogP contribution in [0.5, 0.6) is 11.5 Å². The lowest BCUT2D eigenvalue weighted by Crippen LogP contribution is -2.44. The van der Waals surface area contributed by atoms with Crippen molar-refractivity contribution in [3.63, 3.8) is 0 Å². The van der Waals surface area contributed by atoms with Crippen LogP contribution in [0.4, 0.5) is 13.2 Å². The minimum atomic E-state index is -4.80. The number of carbonyl (C=O) groups is 2. The number of halogens is 3. The molecule has 1 unspecified atom stereocenters. The Kier molecular flexibility index (Phi) is 7.14. The Morgan fingerprint density at radius 2 is 1.79 bits per heavy atom. The summed E-state index contributed by atoms with van der Waals surface area (Å²) in [4.78, 5) is 35.9. The maximum atomic E-state index is 13.5. The zero-order valence-corrected chi connectivity index (χ0v) is 18.2. The number of nitrogens with zero attached hydrogens (tertiary/aromatic N) is 1. The van der Waals surface area contributed by atoms with Crippen LogP contribution < -0.4 is 20.3 Å². The number of aromatic nitrogens is 1. The van der Waals surface area contributed by atoms with Crippen LogP contribution in [0.1, 0.15) is 11.1 Å². The molecule has 11 heteroatoms. The van der Waals surface area contributed by atoms with Gasteiger partial charge in [0.2, 0.25) is 0 Å². The van der Waals surface area contributed by atoms with Gasteiger partial charge in [0, 0.05) is 31.0 Å². The minimum absolute atomic E-state index is 0.00584. The van der Waals surface area contributed by atoms with E-state index < -0.39 is 41.8 Å². The number of ether oxygens (including phenoxy) is 2. The highest BCUT2D eigenvalue weighted by Gasteiger charge is 2.34. The van der Waals surface area contributed by atoms with E-state index in [2.05, 4.69) is 5.32 Å². The van der Waals surface area contributed by atoms with E-state index in [1.807, 2.05) is 0 Å². The smallest absolute Gasteiger partial charge is 0.417 e. The van der Waals surface area contributed by atoms with Gasteiger partial charge in [-0.1, -0.05) is 30.3 Å². The lowest BCUT2D eigenvalue weighted by molar-refractivity contribution is -0.142. The molecule has 180 valence electrons. The topological polar surface area (TPSA) is 107 Å². The molecule has 0 aliphatic rings. The summed E-state index contributed by atoms with van der Waals surface area (Å²) < 4.78 is 52.1. The normalized spacial score (nSPS) is 12.3. The van der Waals surface area contributed by atoms with Crippen LogP contribution in [0, 0.1) is 0 Å². The molecule has 0 aliphatic carbocycles. The molecule has 1 atom stereocenters. The van der Waals surface area contributed by atoms with Gasteiger partial charge in [0.1, 0.15) is 6.04 Å². The highest BCUT2D eigenvalue weighted by Crippen LogP contribution is 2.38. The monoisotopic (exact) mass is 478 g/mol. The molecule has 2 aromatic carbocycles. The van der Waals surface area contributed by atoms with Crippen molar-refractivity contribution in [1.82, 2.24) is 9.88 Å². The number of benzene rings is 2. The van der Waals surface area contributed by atoms with E-state index in [4.69, 9.17) is 9.47 Å². The summed E-state index contributed by atoms with van der Waals surface area (Å²) in [5.41, 5.74) is -1.36. The van der Waals surface area contributed by atoms with Crippen molar-refractivity contribution in [3.05, 3.63) is 70.0 Å². The second-order valence-electron chi connectivity index (χ2n) is 7.41. The summed E-state index contributed by atoms with van der Waals surface area (Å²) in [6, 6.07) is 10.1. The van der Waals surface area contributed by atoms with Crippen molar-refractivity contribution in [3.8, 4) is 11.5 Å². The zero-order chi connectivity index (χ0) is 25.0. The fourth-order valence-electron chi connectivity index (χ4n) is 3.40. The molecular weight excluding hydrogens is 457 g/mol. The number of nitrogens with one attached hydrogen (secondary N) is 1. The number of alkyl halides is 3. The molecule has 3 rings (SSSR count). The van der Waals surface area contributed by atoms with E-state index in [1.54, 1.807) is 30.3 Å². The number of fused-ring (bicyclic) bond motifs is 1. The molecule has 1 aromatic heterocycles. The fourth-order valence-corrected chi connectivity index (χ4v) is 3.40. The van der Waals surface area contributed by atoms with Crippen LogP contribution >= 0.6 is 0 Å². The van der Waals surface area contributed by atoms with Gasteiger partial charge < -0.3 is 24.5 Å². The van der Waals surface area contributed by atoms with Gasteiger partial charge in [0.25, 0.3) is 11.5 Å². The SMILES string of the molecule is COc1cc2c(cc1OCC(=O)NC(Cc1ccccc1)C(=O)O)c(C(F)(F)F)cc(=O)n2C. The fraction of sp³-hybridized carbons (Fsp3) is 0.261. The van der Waals surface area contributed by atoms with Gasteiger partial charge in [0.15, 0.2) is 18.1 Å². The Bertz CT molecular complexity index is 1270. The standard InChI is InChI=1S/C23H21F3N2O6/c1-28-17-11-18(33-2)19(9-14(17)15(10-21(28)30)23(24,25)26)34-12-20(29)27-16(22(31)32)8-13-6-4-3-5-7-13/h3-7,9-11,16H,8,12H2,1-2H3,(H,27,29)(H,31,32). The second kappa shape index (κ2) is 9.86. The predicted molar refractivity (Wildman–Crippen MR) is 116 cm³/mol. The van der Waals surface area contributed by atoms with E-state index in [1.165, 1.54) is 20.2 Å². The van der Waals surface area contributed by atoms with Gasteiger partial charge >= 0.3 is 12.1 Å². The van der Waals surface area contributed by atoms with Crippen LogP contribution in [-0.4, -0.2) is 41.3 Å². The van der Waals surface area contributed by atoms with E-state index in [0.29, 0.717) is 11.6 Å². The summed E-state index contributed by atoms with van der Waals surface area (Å²) >= 11 is 0. The molecule has 0 aliphatic heterocycles. The summed E-state index contributed by atoms with van der Waals surface area (Å²) in [5.74, 6) is -2.23. The Morgan fingerprint density at radius 1 is 1.12 bits per heavy atom. The Hall–Kier alpha value is -4.02. The molecule has 34 heavy (non-hydrogen) atoms. The maximum Gasteiger partial charge on any atom is 0.417 e. The number of aliphatic carboxylic acids is 1. The van der Waals surface area contributed by atoms with E-state index in [0.717, 1.165) is 10.6 Å². The number of carbonyl (C=O) groups excluding carboxylic acids is 1. The van der Waals surface area contributed by atoms with Crippen molar-refractivity contribution in [2.75, 3.05) is 13.7 Å². The number of carboxylic acid groups (broad SMARTS) is 1. The van der Waals surface area contributed by atoms with E-state index in [-0.39, 0.29) is 28.8 Å². The molecule has 0 fully saturated rings. The highest BCUT2D eigenvalue weighted by molar-refractivity contribution is 5.87. The lowest BCUT2D eigenvalue weighted by Gasteiger charge is -2.18. The van der Waals surface area contributed by atoms with Gasteiger partial charge in [-0.15, -0.1) is 0 Å². The molecular formula is C23H21F3N2O6. The molecule has 0 saturated carbocycles. The Morgan fingerprint density at radius 3 is 2.38 bits per heavy atom. The maximum absolute atomic E-state index is 13.5. The van der Waals surface area contributed by atoms with Crippen molar-refractivity contribution in [2.45, 2.75) is 18.6 Å². The van der Waals surface area contributed by atoms with E-state index in [9.17, 15) is 32.7 Å². The van der Waals surface area contributed by atoms with Crippen molar-refractivity contribution in [1.29, 1.82) is 0 Å². The van der Waals surface area contributed by atoms with Crippen LogP contribution in [-0.2, 0) is 29.2 Å². The largest absolute Gasteiger partial charge is 0.493 e. The molecule has 0 saturated heterocycles. The minimum Gasteiger partial charge on any atom is -0.493 e. The number of hydrogen-bond donors (Lipinski definition) is 2. The Labute approximate surface area is 191 Å². The third kappa shape index (κ3) is 5.48. The third-order valence-electron chi connectivity index (χ3n) is 5.11. The van der Waals surface area contributed by atoms with Crippen molar-refractivity contribution < 1.29 is 37.3 Å². The van der Waals surface area contributed by atoms with E-state index >= 15 is 0 Å². The summed E-state index contributed by atoms with van der Waals surface area (Å²) in [6.07, 6.45) is -4.77. The molecule has 1 heterocycles. The van der Waals surface area contributed by atoms with Crippen molar-refractivity contribution in [2.24, 2.45) is 7.05 Å². The lowest BCUT2D eigenvalue weighted by atomic mass is 10.1.